The van der Waals surface area contributed by atoms with Gasteiger partial charge in [-0.15, -0.1) is 0 Å². The number of benzene rings is 1. The molecule has 5 aromatic rings. The lowest BCUT2D eigenvalue weighted by Crippen LogP contribution is -2.44. The maximum Gasteiger partial charge on any atom is 0.162 e. The molecule has 0 bridgehead atoms. The molecular weight excluding hydrogens is 437 g/mol. The molecule has 2 radical (unpaired) electrons. The lowest BCUT2D eigenvalue weighted by atomic mass is 9.99. The summed E-state index contributed by atoms with van der Waals surface area (Å²) in [4.78, 5) is 16.1. The zero-order chi connectivity index (χ0) is 23.6. The van der Waals surface area contributed by atoms with E-state index in [1.807, 2.05) is 55.0 Å². The molecule has 1 aromatic carbocycles. The van der Waals surface area contributed by atoms with E-state index in [1.54, 1.807) is 10.7 Å². The topological polar surface area (TPSA) is 80.5 Å². The Hall–Kier alpha value is -3.82. The number of ether oxygens (including phenoxy) is 1. The molecule has 1 fully saturated rings. The second-order valence-electron chi connectivity index (χ2n) is 8.60. The van der Waals surface area contributed by atoms with E-state index in [-0.39, 0.29) is 0 Å². The summed E-state index contributed by atoms with van der Waals surface area (Å²) >= 11 is 0. The summed E-state index contributed by atoms with van der Waals surface area (Å²) in [6.45, 7) is 5.79. The minimum atomic E-state index is 0.501. The van der Waals surface area contributed by atoms with E-state index in [0.717, 1.165) is 77.4 Å². The minimum Gasteiger partial charge on any atom is -0.491 e. The quantitative estimate of drug-likeness (QED) is 0.388. The van der Waals surface area contributed by atoms with Gasteiger partial charge in [-0.3, -0.25) is 14.9 Å². The van der Waals surface area contributed by atoms with Gasteiger partial charge in [-0.25, -0.2) is 9.50 Å². The zero-order valence-corrected chi connectivity index (χ0v) is 19.3. The largest absolute Gasteiger partial charge is 0.491 e. The summed E-state index contributed by atoms with van der Waals surface area (Å²) in [5.41, 5.74) is 5.77. The summed E-state index contributed by atoms with van der Waals surface area (Å²) in [5.74, 6) is 0.768. The van der Waals surface area contributed by atoms with Gasteiger partial charge in [0.05, 0.1) is 23.6 Å². The van der Waals surface area contributed by atoms with Crippen molar-refractivity contribution in [3.05, 3.63) is 67.3 Å². The van der Waals surface area contributed by atoms with Crippen LogP contribution in [0.2, 0.25) is 0 Å². The van der Waals surface area contributed by atoms with Gasteiger partial charge in [0.2, 0.25) is 0 Å². The number of aromatic nitrogens is 5. The van der Waals surface area contributed by atoms with Crippen LogP contribution in [0.3, 0.4) is 0 Å². The molecule has 172 valence electrons. The Morgan fingerprint density at radius 2 is 1.86 bits per heavy atom. The first-order valence-corrected chi connectivity index (χ1v) is 11.8. The fraction of sp³-hybridized carbons (Fsp3) is 0.231. The van der Waals surface area contributed by atoms with Crippen LogP contribution in [-0.2, 0) is 0 Å². The van der Waals surface area contributed by atoms with Gasteiger partial charge in [0.25, 0.3) is 0 Å². The molecule has 5 heterocycles. The summed E-state index contributed by atoms with van der Waals surface area (Å²) in [6, 6.07) is 13.7. The van der Waals surface area contributed by atoms with Crippen molar-refractivity contribution in [3.8, 4) is 28.1 Å². The first-order chi connectivity index (χ1) is 17.2. The lowest BCUT2D eigenvalue weighted by molar-refractivity contribution is 0.191. The number of piperazine rings is 1. The lowest BCUT2D eigenvalue weighted by Gasteiger charge is -2.26. The van der Waals surface area contributed by atoms with Crippen LogP contribution >= 0.6 is 0 Å². The van der Waals surface area contributed by atoms with Crippen molar-refractivity contribution in [2.75, 3.05) is 39.3 Å². The average Bonchev–Trinajstić information content (AvgIpc) is 3.32. The maximum atomic E-state index is 5.89. The number of nitrogens with one attached hydrogen (secondary N) is 1. The fourth-order valence-electron chi connectivity index (χ4n) is 4.47. The number of rotatable bonds is 6. The predicted octanol–water partition coefficient (Wildman–Crippen LogP) is 2.08. The van der Waals surface area contributed by atoms with E-state index in [4.69, 9.17) is 17.6 Å². The van der Waals surface area contributed by atoms with Crippen LogP contribution < -0.4 is 15.6 Å². The van der Waals surface area contributed by atoms with Crippen molar-refractivity contribution in [3.63, 3.8) is 0 Å². The number of fused-ring (bicyclic) bond motifs is 2. The van der Waals surface area contributed by atoms with E-state index in [2.05, 4.69) is 31.3 Å². The SMILES string of the molecule is [B]c1ccc2c(-c3cnn4cc(-c5ccc(OCCN6CCNCC6)cn5)cnc34)cccc2n1. The van der Waals surface area contributed by atoms with Crippen LogP contribution in [0.25, 0.3) is 38.9 Å². The van der Waals surface area contributed by atoms with Crippen molar-refractivity contribution >= 4 is 30.0 Å². The molecule has 35 heavy (non-hydrogen) atoms. The van der Waals surface area contributed by atoms with Crippen molar-refractivity contribution in [2.45, 2.75) is 0 Å². The van der Waals surface area contributed by atoms with Gasteiger partial charge in [0.15, 0.2) is 5.65 Å². The summed E-state index contributed by atoms with van der Waals surface area (Å²) < 4.78 is 7.68. The third-order valence-electron chi connectivity index (χ3n) is 6.32. The Labute approximate surface area is 204 Å². The van der Waals surface area contributed by atoms with Gasteiger partial charge in [-0.1, -0.05) is 24.3 Å². The molecule has 1 N–H and O–H groups in total. The molecule has 0 aliphatic carbocycles. The Balaban J connectivity index is 1.21. The van der Waals surface area contributed by atoms with Crippen molar-refractivity contribution in [2.24, 2.45) is 0 Å². The molecule has 0 spiro atoms. The Bertz CT molecular complexity index is 1480. The second-order valence-corrected chi connectivity index (χ2v) is 8.60. The second kappa shape index (κ2) is 9.44. The number of hydrogen-bond acceptors (Lipinski definition) is 7. The number of nitrogens with zero attached hydrogens (tertiary/aromatic N) is 6. The molecule has 0 unspecified atom stereocenters. The molecule has 9 heteroatoms. The number of hydrogen-bond donors (Lipinski definition) is 1. The Morgan fingerprint density at radius 3 is 2.71 bits per heavy atom. The van der Waals surface area contributed by atoms with Crippen LogP contribution in [0.1, 0.15) is 0 Å². The van der Waals surface area contributed by atoms with Crippen LogP contribution in [0.15, 0.2) is 67.3 Å². The molecule has 1 aliphatic rings. The molecule has 0 amide bonds. The van der Waals surface area contributed by atoms with Gasteiger partial charge in [0, 0.05) is 61.6 Å². The molecule has 0 saturated carbocycles. The number of pyridine rings is 2. The highest BCUT2D eigenvalue weighted by atomic mass is 16.5. The maximum absolute atomic E-state index is 5.89. The van der Waals surface area contributed by atoms with Gasteiger partial charge in [-0.05, 0) is 29.4 Å². The molecule has 1 saturated heterocycles. The normalized spacial score (nSPS) is 14.5. The van der Waals surface area contributed by atoms with Gasteiger partial charge >= 0.3 is 0 Å². The first-order valence-electron chi connectivity index (χ1n) is 11.8. The predicted molar refractivity (Wildman–Crippen MR) is 137 cm³/mol. The first kappa shape index (κ1) is 21.7. The average molecular weight is 461 g/mol. The van der Waals surface area contributed by atoms with Crippen LogP contribution in [0, 0.1) is 0 Å². The molecule has 6 rings (SSSR count). The van der Waals surface area contributed by atoms with Crippen LogP contribution in [0.4, 0.5) is 0 Å². The highest BCUT2D eigenvalue weighted by Crippen LogP contribution is 2.30. The van der Waals surface area contributed by atoms with E-state index in [0.29, 0.717) is 12.2 Å². The van der Waals surface area contributed by atoms with E-state index < -0.39 is 0 Å². The Morgan fingerprint density at radius 1 is 0.943 bits per heavy atom. The van der Waals surface area contributed by atoms with E-state index in [9.17, 15) is 0 Å². The highest BCUT2D eigenvalue weighted by molar-refractivity contribution is 6.31. The zero-order valence-electron chi connectivity index (χ0n) is 19.3. The third kappa shape index (κ3) is 4.48. The van der Waals surface area contributed by atoms with Crippen molar-refractivity contribution < 1.29 is 4.74 Å². The van der Waals surface area contributed by atoms with E-state index in [1.165, 1.54) is 0 Å². The standard InChI is InChI=1S/C26H24BN7O/c27-25-7-5-21-20(2-1-3-24(21)32-25)22-16-31-34-17-18(14-30-26(22)34)23-6-4-19(15-29-23)35-13-12-33-10-8-28-9-11-33/h1-7,14-17,28H,8-13H2. The van der Waals surface area contributed by atoms with Crippen LogP contribution in [0.5, 0.6) is 5.75 Å². The summed E-state index contributed by atoms with van der Waals surface area (Å²) in [5, 5.41) is 8.93. The summed E-state index contributed by atoms with van der Waals surface area (Å²) in [7, 11) is 5.86. The highest BCUT2D eigenvalue weighted by Gasteiger charge is 2.13. The third-order valence-corrected chi connectivity index (χ3v) is 6.32. The van der Waals surface area contributed by atoms with Gasteiger partial charge in [0.1, 0.15) is 20.2 Å². The molecule has 0 atom stereocenters. The molecule has 8 nitrogen and oxygen atoms in total. The smallest absolute Gasteiger partial charge is 0.162 e. The monoisotopic (exact) mass is 461 g/mol. The summed E-state index contributed by atoms with van der Waals surface area (Å²) in [6.07, 6.45) is 7.37. The van der Waals surface area contributed by atoms with Gasteiger partial charge < -0.3 is 10.1 Å². The molecule has 4 aromatic heterocycles. The van der Waals surface area contributed by atoms with E-state index >= 15 is 0 Å². The fourth-order valence-corrected chi connectivity index (χ4v) is 4.47. The molecular formula is C26H24BN7O. The van der Waals surface area contributed by atoms with Gasteiger partial charge in [-0.2, -0.15) is 5.10 Å². The van der Waals surface area contributed by atoms with Crippen molar-refractivity contribution in [1.82, 2.24) is 34.8 Å². The van der Waals surface area contributed by atoms with Crippen molar-refractivity contribution in [1.29, 1.82) is 0 Å². The minimum absolute atomic E-state index is 0.501. The Kier molecular flexibility index (Phi) is 5.85. The molecule has 1 aliphatic heterocycles. The van der Waals surface area contributed by atoms with Crippen LogP contribution in [-0.4, -0.2) is 76.6 Å².